The van der Waals surface area contributed by atoms with E-state index in [9.17, 15) is 19.2 Å². The van der Waals surface area contributed by atoms with Gasteiger partial charge >= 0.3 is 11.4 Å². The maximum atomic E-state index is 13.6. The van der Waals surface area contributed by atoms with E-state index in [2.05, 4.69) is 9.97 Å². The second-order valence-electron chi connectivity index (χ2n) is 14.4. The Hall–Kier alpha value is -4.91. The maximum absolute atomic E-state index is 13.6. The smallest absolute Gasteiger partial charge is 0.330 e. The van der Waals surface area contributed by atoms with Crippen LogP contribution >= 0.6 is 8.53 Å². The summed E-state index contributed by atoms with van der Waals surface area (Å²) in [5.74, 6) is 0. The molecule has 7 rings (SSSR count). The lowest BCUT2D eigenvalue weighted by atomic mass is 9.79. The third-order valence-corrected chi connectivity index (χ3v) is 11.9. The lowest BCUT2D eigenvalue weighted by Gasteiger charge is -2.41. The molecule has 0 spiro atoms. The van der Waals surface area contributed by atoms with E-state index in [-0.39, 0.29) is 13.2 Å². The molecule has 1 unspecified atom stereocenters. The first-order valence-electron chi connectivity index (χ1n) is 19.2. The van der Waals surface area contributed by atoms with Crippen molar-refractivity contribution in [3.63, 3.8) is 0 Å². The van der Waals surface area contributed by atoms with Crippen LogP contribution in [0.2, 0.25) is 0 Å². The highest BCUT2D eigenvalue weighted by molar-refractivity contribution is 7.44. The summed E-state index contributed by atoms with van der Waals surface area (Å²) in [5, 5.41) is 0. The number of ether oxygens (including phenoxy) is 6. The van der Waals surface area contributed by atoms with E-state index in [0.717, 1.165) is 16.7 Å². The summed E-state index contributed by atoms with van der Waals surface area (Å²) in [5.41, 5.74) is -1.51. The van der Waals surface area contributed by atoms with Gasteiger partial charge in [0.05, 0.1) is 13.2 Å². The van der Waals surface area contributed by atoms with Crippen molar-refractivity contribution in [2.75, 3.05) is 48.6 Å². The number of hydrogen-bond donors (Lipinski definition) is 2. The second kappa shape index (κ2) is 19.2. The van der Waals surface area contributed by atoms with Crippen molar-refractivity contribution >= 4 is 8.53 Å². The molecule has 2 aromatic heterocycles. The Morgan fingerprint density at radius 1 is 0.600 bits per heavy atom. The van der Waals surface area contributed by atoms with Crippen molar-refractivity contribution in [1.29, 1.82) is 0 Å². The third-order valence-electron chi connectivity index (χ3n) is 10.4. The molecule has 5 aromatic rings. The minimum Gasteiger partial charge on any atom is -0.382 e. The predicted molar refractivity (Wildman–Crippen MR) is 219 cm³/mol. The zero-order valence-corrected chi connectivity index (χ0v) is 34.6. The van der Waals surface area contributed by atoms with E-state index < -0.39 is 85.7 Å². The zero-order valence-electron chi connectivity index (χ0n) is 33.7. The standard InChI is InChI=1S/C42H48N5O12P/c1-45(2)60(58-34-30(25-52-3)55-38(36(34)54-5)46-23-21-32(48)43-40(46)50)59-35-31(26-53-4)56-39(47-24-22-33(49)44-41(47)51)37(35)57-42(27-15-9-6-10-16-27,28-17-11-7-12-18-28)29-19-13-8-14-20-29/h6-24,30-31,34-39H,25-26H2,1-5H3,(H,43,48,50)(H,44,49,51)/t30-,31-,34-,35-,36-,37-,38-,39-,60?/m1/s1. The van der Waals surface area contributed by atoms with E-state index in [1.807, 2.05) is 91.0 Å². The van der Waals surface area contributed by atoms with Crippen molar-refractivity contribution in [2.24, 2.45) is 0 Å². The molecule has 0 bridgehead atoms. The molecule has 318 valence electrons. The van der Waals surface area contributed by atoms with Crippen LogP contribution in [0, 0.1) is 0 Å². The Morgan fingerprint density at radius 3 is 1.37 bits per heavy atom. The van der Waals surface area contributed by atoms with Gasteiger partial charge in [0.1, 0.15) is 42.2 Å². The number of nitrogens with zero attached hydrogens (tertiary/aromatic N) is 3. The zero-order chi connectivity index (χ0) is 42.4. The van der Waals surface area contributed by atoms with Crippen LogP contribution in [0.25, 0.3) is 0 Å². The van der Waals surface area contributed by atoms with Crippen LogP contribution in [0.4, 0.5) is 0 Å². The molecule has 0 aliphatic carbocycles. The molecule has 0 amide bonds. The van der Waals surface area contributed by atoms with E-state index >= 15 is 0 Å². The van der Waals surface area contributed by atoms with Gasteiger partial charge in [0.2, 0.25) is 0 Å². The monoisotopic (exact) mass is 845 g/mol. The normalized spacial score (nSPS) is 24.8. The molecule has 4 heterocycles. The van der Waals surface area contributed by atoms with Gasteiger partial charge in [-0.05, 0) is 30.8 Å². The fraction of sp³-hybridized carbons (Fsp3) is 0.381. The quantitative estimate of drug-likeness (QED) is 0.103. The minimum absolute atomic E-state index is 0.0154. The van der Waals surface area contributed by atoms with Crippen molar-refractivity contribution in [3.05, 3.63) is 174 Å². The number of methoxy groups -OCH3 is 3. The van der Waals surface area contributed by atoms with Crippen molar-refractivity contribution in [2.45, 2.75) is 54.7 Å². The number of hydrogen-bond acceptors (Lipinski definition) is 13. The summed E-state index contributed by atoms with van der Waals surface area (Å²) in [4.78, 5) is 55.5. The first-order chi connectivity index (χ1) is 29.1. The molecular weight excluding hydrogens is 797 g/mol. The molecule has 17 nitrogen and oxygen atoms in total. The molecule has 3 aromatic carbocycles. The number of aromatic nitrogens is 4. The number of nitrogens with one attached hydrogen (secondary N) is 2. The first kappa shape index (κ1) is 43.2. The number of aromatic amines is 2. The number of rotatable bonds is 17. The van der Waals surface area contributed by atoms with E-state index in [1.165, 1.54) is 55.0 Å². The third kappa shape index (κ3) is 8.78. The van der Waals surface area contributed by atoms with Gasteiger partial charge in [0.25, 0.3) is 19.6 Å². The fourth-order valence-electron chi connectivity index (χ4n) is 7.70. The van der Waals surface area contributed by atoms with Gasteiger partial charge in [-0.3, -0.25) is 28.7 Å². The summed E-state index contributed by atoms with van der Waals surface area (Å²) >= 11 is 0. The topological polar surface area (TPSA) is 187 Å². The Bertz CT molecular complexity index is 2300. The van der Waals surface area contributed by atoms with E-state index in [1.54, 1.807) is 18.8 Å². The first-order valence-corrected chi connectivity index (χ1v) is 20.3. The van der Waals surface area contributed by atoms with Crippen LogP contribution in [0.15, 0.2) is 135 Å². The minimum atomic E-state index is -2.07. The lowest BCUT2D eigenvalue weighted by Crippen LogP contribution is -2.47. The van der Waals surface area contributed by atoms with Crippen LogP contribution in [0.1, 0.15) is 29.1 Å². The van der Waals surface area contributed by atoms with E-state index in [0.29, 0.717) is 0 Å². The van der Waals surface area contributed by atoms with Crippen LogP contribution in [-0.2, 0) is 43.1 Å². The highest BCUT2D eigenvalue weighted by atomic mass is 31.2. The van der Waals surface area contributed by atoms with Crippen LogP contribution in [0.5, 0.6) is 0 Å². The molecule has 2 aliphatic rings. The van der Waals surface area contributed by atoms with Gasteiger partial charge in [-0.25, -0.2) is 14.3 Å². The largest absolute Gasteiger partial charge is 0.382 e. The second-order valence-corrected chi connectivity index (χ2v) is 16.1. The average molecular weight is 846 g/mol. The van der Waals surface area contributed by atoms with Gasteiger partial charge in [0.15, 0.2) is 12.5 Å². The summed E-state index contributed by atoms with van der Waals surface area (Å²) in [6.45, 7) is 0.0761. The van der Waals surface area contributed by atoms with Crippen molar-refractivity contribution in [3.8, 4) is 0 Å². The molecule has 2 fully saturated rings. The van der Waals surface area contributed by atoms with Crippen molar-refractivity contribution < 1.29 is 37.5 Å². The Morgan fingerprint density at radius 2 is 1.00 bits per heavy atom. The van der Waals surface area contributed by atoms with E-state index in [4.69, 9.17) is 37.5 Å². The lowest BCUT2D eigenvalue weighted by molar-refractivity contribution is -0.122. The van der Waals surface area contributed by atoms with Gasteiger partial charge < -0.3 is 37.5 Å². The predicted octanol–water partition coefficient (Wildman–Crippen LogP) is 3.13. The number of benzene rings is 3. The molecule has 0 radical (unpaired) electrons. The highest BCUT2D eigenvalue weighted by Crippen LogP contribution is 2.52. The van der Waals surface area contributed by atoms with Crippen LogP contribution < -0.4 is 22.5 Å². The van der Waals surface area contributed by atoms with Crippen LogP contribution in [0.3, 0.4) is 0 Å². The van der Waals surface area contributed by atoms with Gasteiger partial charge in [0, 0.05) is 45.9 Å². The molecule has 9 atom stereocenters. The highest BCUT2D eigenvalue weighted by Gasteiger charge is 2.55. The number of H-pyrrole nitrogens is 2. The molecule has 0 saturated carbocycles. The molecule has 60 heavy (non-hydrogen) atoms. The Balaban J connectivity index is 1.35. The fourth-order valence-corrected chi connectivity index (χ4v) is 9.05. The summed E-state index contributed by atoms with van der Waals surface area (Å²) in [7, 11) is 5.99. The van der Waals surface area contributed by atoms with Crippen LogP contribution in [-0.4, -0.2) is 109 Å². The SMILES string of the molecule is COC[C@H]1O[C@@H](n2ccc(=O)[nH]c2=O)[C@H](OC)[C@@H]1OP(O[C@H]1[C@@H](OC(c2ccccc2)(c2ccccc2)c2ccccc2)[C@H](n2ccc(=O)[nH]c2=O)O[C@@H]1COC)N(C)C. The van der Waals surface area contributed by atoms with Gasteiger partial charge in [-0.1, -0.05) is 91.0 Å². The Labute approximate surface area is 346 Å². The molecular formula is C42H48N5O12P. The summed E-state index contributed by atoms with van der Waals surface area (Å²) in [6.07, 6.45) is -4.91. The van der Waals surface area contributed by atoms with Gasteiger partial charge in [-0.2, -0.15) is 0 Å². The molecule has 2 saturated heterocycles. The van der Waals surface area contributed by atoms with Gasteiger partial charge in [-0.15, -0.1) is 0 Å². The van der Waals surface area contributed by atoms with Crippen molar-refractivity contribution in [1.82, 2.24) is 23.8 Å². The molecule has 18 heteroatoms. The summed E-state index contributed by atoms with van der Waals surface area (Å²) < 4.78 is 55.9. The Kier molecular flexibility index (Phi) is 13.8. The molecule has 2 N–H and O–H groups in total. The maximum Gasteiger partial charge on any atom is 0.330 e. The molecule has 2 aliphatic heterocycles. The average Bonchev–Trinajstić information content (AvgIpc) is 3.76. The summed E-state index contributed by atoms with van der Waals surface area (Å²) in [6, 6.07) is 31.6.